The third-order valence-corrected chi connectivity index (χ3v) is 7.81. The molecule has 0 saturated heterocycles. The highest BCUT2D eigenvalue weighted by atomic mass is 32.2. The number of nitrogens with zero attached hydrogens (tertiary/aromatic N) is 1. The first-order chi connectivity index (χ1) is 15.3. The van der Waals surface area contributed by atoms with E-state index in [0.29, 0.717) is 12.0 Å². The van der Waals surface area contributed by atoms with E-state index in [9.17, 15) is 23.1 Å². The highest BCUT2D eigenvalue weighted by Crippen LogP contribution is 2.22. The van der Waals surface area contributed by atoms with Gasteiger partial charge in [0.05, 0.1) is 17.3 Å². The summed E-state index contributed by atoms with van der Waals surface area (Å²) in [6, 6.07) is 19.6. The summed E-state index contributed by atoms with van der Waals surface area (Å²) in [4.78, 5) is 23.2. The van der Waals surface area contributed by atoms with Crippen LogP contribution >= 0.6 is 11.8 Å². The topological polar surface area (TPSA) is 91.8 Å². The number of sulfonamides is 1. The number of aliphatic hydroxyl groups excluding tert-OH is 1. The molecule has 0 bridgehead atoms. The van der Waals surface area contributed by atoms with Gasteiger partial charge in [-0.3, -0.25) is 9.59 Å². The summed E-state index contributed by atoms with van der Waals surface area (Å²) in [5.74, 6) is -0.222. The van der Waals surface area contributed by atoms with Gasteiger partial charge in [0.15, 0.2) is 10.9 Å². The molecule has 0 fully saturated rings. The van der Waals surface area contributed by atoms with Crippen molar-refractivity contribution in [3.05, 3.63) is 77.9 Å². The predicted molar refractivity (Wildman–Crippen MR) is 127 cm³/mol. The number of hydrogen-bond donors (Lipinski definition) is 1. The number of carbonyl (C=O) groups excluding carboxylic acids is 2. The van der Waals surface area contributed by atoms with E-state index >= 15 is 0 Å². The van der Waals surface area contributed by atoms with Crippen molar-refractivity contribution in [2.75, 3.05) is 25.4 Å². The van der Waals surface area contributed by atoms with E-state index < -0.39 is 10.0 Å². The SMILES string of the molecule is CC(=O)SCC(=O)c1ccc(S(=O)(=O)N(CCO)CCc2cccc3ccccc23)cc1. The second-order valence-corrected chi connectivity index (χ2v) is 10.3. The summed E-state index contributed by atoms with van der Waals surface area (Å²) in [5.41, 5.74) is 1.38. The zero-order chi connectivity index (χ0) is 23.1. The number of fused-ring (bicyclic) bond motifs is 1. The van der Waals surface area contributed by atoms with E-state index in [4.69, 9.17) is 0 Å². The van der Waals surface area contributed by atoms with E-state index in [1.807, 2.05) is 42.5 Å². The van der Waals surface area contributed by atoms with Crippen molar-refractivity contribution >= 4 is 43.5 Å². The standard InChI is InChI=1S/C24H25NO5S2/c1-18(27)31-17-24(28)21-9-11-22(12-10-21)32(29,30)25(15-16-26)14-13-20-7-4-6-19-5-2-3-8-23(19)20/h2-12,26H,13-17H2,1H3. The molecular formula is C24H25NO5S2. The number of rotatable bonds is 10. The zero-order valence-corrected chi connectivity index (χ0v) is 19.4. The van der Waals surface area contributed by atoms with Gasteiger partial charge in [0, 0.05) is 25.6 Å². The van der Waals surface area contributed by atoms with Crippen molar-refractivity contribution in [3.63, 3.8) is 0 Å². The van der Waals surface area contributed by atoms with Gasteiger partial charge in [-0.25, -0.2) is 8.42 Å². The van der Waals surface area contributed by atoms with Crippen molar-refractivity contribution < 1.29 is 23.1 Å². The monoisotopic (exact) mass is 471 g/mol. The average molecular weight is 472 g/mol. The lowest BCUT2D eigenvalue weighted by atomic mass is 10.0. The summed E-state index contributed by atoms with van der Waals surface area (Å²) in [6.45, 7) is 1.28. The molecule has 0 aromatic heterocycles. The summed E-state index contributed by atoms with van der Waals surface area (Å²) in [5, 5.41) is 11.5. The van der Waals surface area contributed by atoms with Crippen LogP contribution < -0.4 is 0 Å². The highest BCUT2D eigenvalue weighted by Gasteiger charge is 2.24. The van der Waals surface area contributed by atoms with Gasteiger partial charge < -0.3 is 5.11 Å². The first-order valence-electron chi connectivity index (χ1n) is 10.2. The Morgan fingerprint density at radius 3 is 2.31 bits per heavy atom. The van der Waals surface area contributed by atoms with E-state index in [0.717, 1.165) is 28.1 Å². The molecule has 8 heteroatoms. The molecule has 3 rings (SSSR count). The maximum atomic E-state index is 13.2. The zero-order valence-electron chi connectivity index (χ0n) is 17.7. The third kappa shape index (κ3) is 5.83. The third-order valence-electron chi connectivity index (χ3n) is 5.08. The Morgan fingerprint density at radius 2 is 1.62 bits per heavy atom. The number of ketones is 1. The van der Waals surface area contributed by atoms with Gasteiger partial charge in [0.2, 0.25) is 10.0 Å². The molecule has 0 saturated carbocycles. The molecule has 0 aliphatic rings. The van der Waals surface area contributed by atoms with Gasteiger partial charge in [-0.05, 0) is 34.9 Å². The maximum absolute atomic E-state index is 13.2. The Bertz CT molecular complexity index is 1200. The molecule has 3 aromatic carbocycles. The minimum absolute atomic E-state index is 0.0170. The minimum Gasteiger partial charge on any atom is -0.395 e. The predicted octanol–water partition coefficient (Wildman–Crippen LogP) is 3.53. The smallest absolute Gasteiger partial charge is 0.243 e. The van der Waals surface area contributed by atoms with Crippen LogP contribution in [-0.4, -0.2) is 54.2 Å². The van der Waals surface area contributed by atoms with Gasteiger partial charge in [-0.2, -0.15) is 4.31 Å². The Kier molecular flexibility index (Phi) is 8.20. The Morgan fingerprint density at radius 1 is 0.938 bits per heavy atom. The highest BCUT2D eigenvalue weighted by molar-refractivity contribution is 8.14. The van der Waals surface area contributed by atoms with Gasteiger partial charge in [-0.15, -0.1) is 0 Å². The number of Topliss-reactive ketones (excluding diaryl/α,β-unsaturated/α-hetero) is 1. The van der Waals surface area contributed by atoms with Gasteiger partial charge in [-0.1, -0.05) is 66.4 Å². The van der Waals surface area contributed by atoms with Crippen LogP contribution in [0.2, 0.25) is 0 Å². The van der Waals surface area contributed by atoms with E-state index in [1.54, 1.807) is 0 Å². The van der Waals surface area contributed by atoms with Crippen LogP contribution in [0.1, 0.15) is 22.8 Å². The molecule has 6 nitrogen and oxygen atoms in total. The fourth-order valence-electron chi connectivity index (χ4n) is 3.43. The van der Waals surface area contributed by atoms with Crippen LogP contribution in [-0.2, 0) is 21.2 Å². The molecule has 168 valence electrons. The lowest BCUT2D eigenvalue weighted by Gasteiger charge is -2.22. The normalized spacial score (nSPS) is 11.7. The number of benzene rings is 3. The Balaban J connectivity index is 1.77. The van der Waals surface area contributed by atoms with E-state index in [2.05, 4.69) is 0 Å². The first-order valence-corrected chi connectivity index (χ1v) is 12.6. The average Bonchev–Trinajstić information content (AvgIpc) is 2.80. The van der Waals surface area contributed by atoms with Crippen molar-refractivity contribution in [2.24, 2.45) is 0 Å². The molecule has 3 aromatic rings. The molecular weight excluding hydrogens is 446 g/mol. The lowest BCUT2D eigenvalue weighted by molar-refractivity contribution is -0.109. The fraction of sp³-hybridized carbons (Fsp3) is 0.250. The Labute approximate surface area is 192 Å². The van der Waals surface area contributed by atoms with Crippen LogP contribution in [0.4, 0.5) is 0 Å². The van der Waals surface area contributed by atoms with Gasteiger partial charge >= 0.3 is 0 Å². The molecule has 0 unspecified atom stereocenters. The van der Waals surface area contributed by atoms with Crippen LogP contribution in [0, 0.1) is 0 Å². The van der Waals surface area contributed by atoms with E-state index in [1.165, 1.54) is 35.5 Å². The largest absolute Gasteiger partial charge is 0.395 e. The minimum atomic E-state index is -3.85. The molecule has 32 heavy (non-hydrogen) atoms. The Hall–Kier alpha value is -2.52. The first kappa shape index (κ1) is 24.1. The molecule has 0 radical (unpaired) electrons. The van der Waals surface area contributed by atoms with Crippen LogP contribution in [0.15, 0.2) is 71.6 Å². The quantitative estimate of drug-likeness (QED) is 0.455. The van der Waals surface area contributed by atoms with Crippen molar-refractivity contribution in [2.45, 2.75) is 18.2 Å². The molecule has 0 amide bonds. The number of aliphatic hydroxyl groups is 1. The summed E-state index contributed by atoms with van der Waals surface area (Å²) >= 11 is 0.918. The van der Waals surface area contributed by atoms with E-state index in [-0.39, 0.29) is 41.2 Å². The molecule has 1 N–H and O–H groups in total. The number of thioether (sulfide) groups is 1. The van der Waals surface area contributed by atoms with Crippen LogP contribution in [0.25, 0.3) is 10.8 Å². The molecule has 0 aliphatic carbocycles. The fourth-order valence-corrected chi connectivity index (χ4v) is 5.36. The molecule has 0 spiro atoms. The number of carbonyl (C=O) groups is 2. The van der Waals surface area contributed by atoms with Crippen LogP contribution in [0.5, 0.6) is 0 Å². The van der Waals surface area contributed by atoms with Crippen molar-refractivity contribution in [1.82, 2.24) is 4.31 Å². The summed E-state index contributed by atoms with van der Waals surface area (Å²) < 4.78 is 27.6. The summed E-state index contributed by atoms with van der Waals surface area (Å²) in [7, 11) is -3.85. The second kappa shape index (κ2) is 10.9. The van der Waals surface area contributed by atoms with Gasteiger partial charge in [0.25, 0.3) is 0 Å². The maximum Gasteiger partial charge on any atom is 0.243 e. The van der Waals surface area contributed by atoms with Crippen molar-refractivity contribution in [1.29, 1.82) is 0 Å². The second-order valence-electron chi connectivity index (χ2n) is 7.24. The van der Waals surface area contributed by atoms with Crippen LogP contribution in [0.3, 0.4) is 0 Å². The molecule has 0 heterocycles. The summed E-state index contributed by atoms with van der Waals surface area (Å²) in [6.07, 6.45) is 0.499. The molecule has 0 atom stereocenters. The lowest BCUT2D eigenvalue weighted by Crippen LogP contribution is -2.35. The van der Waals surface area contributed by atoms with Gasteiger partial charge in [0.1, 0.15) is 0 Å². The van der Waals surface area contributed by atoms with Crippen molar-refractivity contribution in [3.8, 4) is 0 Å². The number of hydrogen-bond acceptors (Lipinski definition) is 6. The molecule has 0 aliphatic heterocycles.